The van der Waals surface area contributed by atoms with Crippen LogP contribution in [0.5, 0.6) is 0 Å². The number of nitrogens with zero attached hydrogens (tertiary/aromatic N) is 2. The van der Waals surface area contributed by atoms with Gasteiger partial charge in [0, 0.05) is 24.4 Å². The predicted octanol–water partition coefficient (Wildman–Crippen LogP) is 4.19. The molecule has 1 heterocycles. The molecular formula is C17H21N3. The molecule has 104 valence electrons. The first-order valence-corrected chi connectivity index (χ1v) is 7.34. The molecule has 3 nitrogen and oxygen atoms in total. The van der Waals surface area contributed by atoms with Crippen molar-refractivity contribution in [2.24, 2.45) is 0 Å². The molecule has 1 aromatic carbocycles. The summed E-state index contributed by atoms with van der Waals surface area (Å²) < 4.78 is 0. The van der Waals surface area contributed by atoms with E-state index in [1.807, 2.05) is 13.1 Å². The quantitative estimate of drug-likeness (QED) is 0.902. The van der Waals surface area contributed by atoms with Gasteiger partial charge in [-0.15, -0.1) is 0 Å². The zero-order valence-corrected chi connectivity index (χ0v) is 12.4. The molecule has 1 aliphatic rings. The van der Waals surface area contributed by atoms with Crippen molar-refractivity contribution < 1.29 is 0 Å². The lowest BCUT2D eigenvalue weighted by Crippen LogP contribution is -2.02. The van der Waals surface area contributed by atoms with E-state index < -0.39 is 0 Å². The summed E-state index contributed by atoms with van der Waals surface area (Å²) in [5, 5.41) is 3.13. The molecule has 0 atom stereocenters. The molecule has 0 saturated heterocycles. The van der Waals surface area contributed by atoms with Gasteiger partial charge in [0.05, 0.1) is 0 Å². The van der Waals surface area contributed by atoms with E-state index in [0.717, 1.165) is 28.8 Å². The van der Waals surface area contributed by atoms with E-state index in [9.17, 15) is 0 Å². The Bertz CT molecular complexity index is 615. The lowest BCUT2D eigenvalue weighted by atomic mass is 10.1. The van der Waals surface area contributed by atoms with E-state index in [1.165, 1.54) is 18.4 Å². The Morgan fingerprint density at radius 1 is 1.15 bits per heavy atom. The summed E-state index contributed by atoms with van der Waals surface area (Å²) in [6.45, 7) is 4.32. The molecule has 20 heavy (non-hydrogen) atoms. The minimum Gasteiger partial charge on any atom is -0.373 e. The van der Waals surface area contributed by atoms with Crippen LogP contribution in [0.25, 0.3) is 11.4 Å². The van der Waals surface area contributed by atoms with Gasteiger partial charge in [0.1, 0.15) is 5.82 Å². The molecular weight excluding hydrogens is 246 g/mol. The first kappa shape index (κ1) is 13.1. The lowest BCUT2D eigenvalue weighted by Gasteiger charge is -2.11. The summed E-state index contributed by atoms with van der Waals surface area (Å²) in [7, 11) is 1.90. The van der Waals surface area contributed by atoms with E-state index in [1.54, 1.807) is 0 Å². The van der Waals surface area contributed by atoms with E-state index in [4.69, 9.17) is 4.98 Å². The Morgan fingerprint density at radius 2 is 1.95 bits per heavy atom. The van der Waals surface area contributed by atoms with Gasteiger partial charge in [0.2, 0.25) is 0 Å². The van der Waals surface area contributed by atoms with Gasteiger partial charge in [-0.1, -0.05) is 32.0 Å². The molecule has 0 aliphatic heterocycles. The molecule has 0 unspecified atom stereocenters. The Hall–Kier alpha value is -1.90. The van der Waals surface area contributed by atoms with Crippen LogP contribution in [0.4, 0.5) is 5.82 Å². The Labute approximate surface area is 120 Å². The third-order valence-electron chi connectivity index (χ3n) is 3.79. The fourth-order valence-electron chi connectivity index (χ4n) is 2.37. The molecule has 3 rings (SSSR count). The van der Waals surface area contributed by atoms with Gasteiger partial charge in [-0.2, -0.15) is 0 Å². The summed E-state index contributed by atoms with van der Waals surface area (Å²) in [5.74, 6) is 2.86. The van der Waals surface area contributed by atoms with Crippen molar-refractivity contribution in [3.63, 3.8) is 0 Å². The van der Waals surface area contributed by atoms with Gasteiger partial charge in [0.25, 0.3) is 0 Å². The second kappa shape index (κ2) is 5.23. The standard InChI is InChI=1S/C17H21N3/c1-11(2)15-10-16(18-3)20-17(19-15)14-6-4-5-13(9-14)12-7-8-12/h4-6,9-12H,7-8H2,1-3H3,(H,18,19,20). The number of benzene rings is 1. The molecule has 1 aromatic heterocycles. The van der Waals surface area contributed by atoms with Gasteiger partial charge in [-0.25, -0.2) is 9.97 Å². The SMILES string of the molecule is CNc1cc(C(C)C)nc(-c2cccc(C3CC3)c2)n1. The second-order valence-electron chi connectivity index (χ2n) is 5.81. The zero-order valence-electron chi connectivity index (χ0n) is 12.4. The smallest absolute Gasteiger partial charge is 0.161 e. The van der Waals surface area contributed by atoms with Crippen LogP contribution in [0.2, 0.25) is 0 Å². The van der Waals surface area contributed by atoms with Crippen molar-refractivity contribution in [2.45, 2.75) is 38.5 Å². The van der Waals surface area contributed by atoms with Gasteiger partial charge in [0.15, 0.2) is 5.82 Å². The summed E-state index contributed by atoms with van der Waals surface area (Å²) >= 11 is 0. The minimum atomic E-state index is 0.399. The van der Waals surface area contributed by atoms with Gasteiger partial charge < -0.3 is 5.32 Å². The zero-order chi connectivity index (χ0) is 14.1. The number of hydrogen-bond donors (Lipinski definition) is 1. The van der Waals surface area contributed by atoms with E-state index in [-0.39, 0.29) is 0 Å². The van der Waals surface area contributed by atoms with Crippen LogP contribution in [-0.4, -0.2) is 17.0 Å². The molecule has 1 fully saturated rings. The van der Waals surface area contributed by atoms with Gasteiger partial charge in [-0.3, -0.25) is 0 Å². The van der Waals surface area contributed by atoms with Crippen molar-refractivity contribution in [2.75, 3.05) is 12.4 Å². The van der Waals surface area contributed by atoms with E-state index >= 15 is 0 Å². The summed E-state index contributed by atoms with van der Waals surface area (Å²) in [4.78, 5) is 9.32. The fraction of sp³-hybridized carbons (Fsp3) is 0.412. The molecule has 1 saturated carbocycles. The number of anilines is 1. The monoisotopic (exact) mass is 267 g/mol. The van der Waals surface area contributed by atoms with E-state index in [2.05, 4.69) is 48.4 Å². The van der Waals surface area contributed by atoms with Crippen LogP contribution in [0, 0.1) is 0 Å². The highest BCUT2D eigenvalue weighted by atomic mass is 15.0. The van der Waals surface area contributed by atoms with Crippen LogP contribution < -0.4 is 5.32 Å². The number of aromatic nitrogens is 2. The van der Waals surface area contributed by atoms with Crippen molar-refractivity contribution in [3.05, 3.63) is 41.6 Å². The highest BCUT2D eigenvalue weighted by Gasteiger charge is 2.23. The molecule has 2 aromatic rings. The normalized spacial score (nSPS) is 14.6. The van der Waals surface area contributed by atoms with Gasteiger partial charge in [-0.05, 0) is 36.3 Å². The minimum absolute atomic E-state index is 0.399. The molecule has 1 N–H and O–H groups in total. The largest absolute Gasteiger partial charge is 0.373 e. The first-order chi connectivity index (χ1) is 9.67. The highest BCUT2D eigenvalue weighted by Crippen LogP contribution is 2.40. The van der Waals surface area contributed by atoms with Crippen molar-refractivity contribution >= 4 is 5.82 Å². The van der Waals surface area contributed by atoms with Crippen molar-refractivity contribution in [3.8, 4) is 11.4 Å². The summed E-state index contributed by atoms with van der Waals surface area (Å²) in [6.07, 6.45) is 2.64. The number of rotatable bonds is 4. The van der Waals surface area contributed by atoms with Crippen molar-refractivity contribution in [1.29, 1.82) is 0 Å². The first-order valence-electron chi connectivity index (χ1n) is 7.34. The maximum atomic E-state index is 4.72. The average molecular weight is 267 g/mol. The molecule has 0 amide bonds. The third kappa shape index (κ3) is 2.67. The Balaban J connectivity index is 2.03. The topological polar surface area (TPSA) is 37.8 Å². The third-order valence-corrected chi connectivity index (χ3v) is 3.79. The molecule has 0 radical (unpaired) electrons. The van der Waals surface area contributed by atoms with Crippen LogP contribution in [0.3, 0.4) is 0 Å². The molecule has 0 spiro atoms. The van der Waals surface area contributed by atoms with Crippen LogP contribution >= 0.6 is 0 Å². The van der Waals surface area contributed by atoms with Crippen LogP contribution in [0.1, 0.15) is 49.8 Å². The number of hydrogen-bond acceptors (Lipinski definition) is 3. The second-order valence-corrected chi connectivity index (χ2v) is 5.81. The Morgan fingerprint density at radius 3 is 2.60 bits per heavy atom. The molecule has 1 aliphatic carbocycles. The predicted molar refractivity (Wildman–Crippen MR) is 83.1 cm³/mol. The molecule has 0 bridgehead atoms. The fourth-order valence-corrected chi connectivity index (χ4v) is 2.37. The lowest BCUT2D eigenvalue weighted by molar-refractivity contribution is 0.817. The maximum absolute atomic E-state index is 4.72. The van der Waals surface area contributed by atoms with Crippen LogP contribution in [-0.2, 0) is 0 Å². The average Bonchev–Trinajstić information content (AvgIpc) is 3.31. The summed E-state index contributed by atoms with van der Waals surface area (Å²) in [6, 6.07) is 10.7. The maximum Gasteiger partial charge on any atom is 0.161 e. The summed E-state index contributed by atoms with van der Waals surface area (Å²) in [5.41, 5.74) is 3.62. The van der Waals surface area contributed by atoms with Gasteiger partial charge >= 0.3 is 0 Å². The van der Waals surface area contributed by atoms with Crippen LogP contribution in [0.15, 0.2) is 30.3 Å². The van der Waals surface area contributed by atoms with Crippen molar-refractivity contribution in [1.82, 2.24) is 9.97 Å². The molecule has 3 heteroatoms. The number of nitrogens with one attached hydrogen (secondary N) is 1. The van der Waals surface area contributed by atoms with E-state index in [0.29, 0.717) is 5.92 Å². The Kier molecular flexibility index (Phi) is 3.43. The highest BCUT2D eigenvalue weighted by molar-refractivity contribution is 5.59.